The molecule has 0 radical (unpaired) electrons. The van der Waals surface area contributed by atoms with Crippen molar-refractivity contribution in [1.82, 2.24) is 29.4 Å². The lowest BCUT2D eigenvalue weighted by Crippen LogP contribution is -2.42. The molecule has 0 aliphatic heterocycles. The Morgan fingerprint density at radius 3 is 2.34 bits per heavy atom. The molecule has 9 nitrogen and oxygen atoms in total. The summed E-state index contributed by atoms with van der Waals surface area (Å²) in [5.41, 5.74) is 3.14. The molecule has 5 aromatic rings. The molecule has 1 atom stereocenters. The van der Waals surface area contributed by atoms with Crippen molar-refractivity contribution in [3.05, 3.63) is 127 Å². The summed E-state index contributed by atoms with van der Waals surface area (Å²) in [5.74, 6) is 0.532. The highest BCUT2D eigenvalue weighted by atomic mass is 32.2. The summed E-state index contributed by atoms with van der Waals surface area (Å²) < 4.78 is 31.5. The summed E-state index contributed by atoms with van der Waals surface area (Å²) in [7, 11) is -4.07. The molecule has 3 aromatic carbocycles. The molecule has 0 saturated heterocycles. The van der Waals surface area contributed by atoms with Crippen molar-refractivity contribution < 1.29 is 13.2 Å². The lowest BCUT2D eigenvalue weighted by atomic mass is 10.1. The van der Waals surface area contributed by atoms with Crippen LogP contribution in [0, 0.1) is 6.92 Å². The van der Waals surface area contributed by atoms with E-state index in [9.17, 15) is 13.2 Å². The molecule has 2 aromatic heterocycles. The van der Waals surface area contributed by atoms with E-state index in [2.05, 4.69) is 20.1 Å². The van der Waals surface area contributed by atoms with Gasteiger partial charge in [0.1, 0.15) is 5.82 Å². The number of aromatic nitrogens is 4. The fourth-order valence-corrected chi connectivity index (χ4v) is 5.39. The number of nitrogens with zero attached hydrogens (tertiary/aromatic N) is 4. The number of sulfonamides is 1. The zero-order valence-electron chi connectivity index (χ0n) is 20.6. The smallest absolute Gasteiger partial charge is 0.327 e. The minimum atomic E-state index is -4.07. The Balaban J connectivity index is 1.44. The first-order chi connectivity index (χ1) is 18.4. The summed E-state index contributed by atoms with van der Waals surface area (Å²) in [4.78, 5) is 17.6. The Kier molecular flexibility index (Phi) is 7.05. The fourth-order valence-electron chi connectivity index (χ4n) is 4.23. The number of carbonyl (C=O) groups is 1. The number of benzene rings is 3. The molecule has 2 N–H and O–H groups in total. The van der Waals surface area contributed by atoms with Crippen LogP contribution in [0.1, 0.15) is 23.0 Å². The summed E-state index contributed by atoms with van der Waals surface area (Å²) >= 11 is 0. The van der Waals surface area contributed by atoms with Gasteiger partial charge in [0.25, 0.3) is 10.0 Å². The van der Waals surface area contributed by atoms with Crippen molar-refractivity contribution >= 4 is 16.1 Å². The van der Waals surface area contributed by atoms with Crippen molar-refractivity contribution in [3.63, 3.8) is 0 Å². The van der Waals surface area contributed by atoms with Gasteiger partial charge in [-0.25, -0.2) is 27.6 Å². The molecule has 0 aliphatic carbocycles. The largest absolute Gasteiger partial charge is 0.329 e. The first kappa shape index (κ1) is 25.0. The average molecular weight is 527 g/mol. The van der Waals surface area contributed by atoms with Gasteiger partial charge < -0.3 is 5.32 Å². The molecule has 0 fully saturated rings. The molecular weight excluding hydrogens is 500 g/mol. The second-order valence-electron chi connectivity index (χ2n) is 8.72. The molecule has 2 heterocycles. The molecule has 0 bridgehead atoms. The molecule has 5 rings (SSSR count). The number of amides is 2. The Labute approximate surface area is 220 Å². The van der Waals surface area contributed by atoms with E-state index in [1.165, 1.54) is 6.07 Å². The quantitative estimate of drug-likeness (QED) is 0.313. The number of hydrogen-bond acceptors (Lipinski definition) is 5. The van der Waals surface area contributed by atoms with Crippen molar-refractivity contribution in [2.24, 2.45) is 0 Å². The van der Waals surface area contributed by atoms with Crippen LogP contribution in [-0.2, 0) is 16.4 Å². The average Bonchev–Trinajstić information content (AvgIpc) is 3.59. The van der Waals surface area contributed by atoms with Crippen LogP contribution in [-0.4, -0.2) is 33.8 Å². The van der Waals surface area contributed by atoms with Crippen LogP contribution in [0.5, 0.6) is 0 Å². The molecule has 192 valence electrons. The highest BCUT2D eigenvalue weighted by Gasteiger charge is 2.25. The van der Waals surface area contributed by atoms with E-state index in [0.29, 0.717) is 17.8 Å². The minimum Gasteiger partial charge on any atom is -0.327 e. The number of imidazole rings is 1. The number of carbonyl (C=O) groups excluding carboxylic acids is 1. The third kappa shape index (κ3) is 5.50. The Bertz CT molecular complexity index is 1650. The van der Waals surface area contributed by atoms with Gasteiger partial charge in [-0.15, -0.1) is 0 Å². The highest BCUT2D eigenvalue weighted by molar-refractivity contribution is 7.90. The van der Waals surface area contributed by atoms with E-state index in [0.717, 1.165) is 16.9 Å². The number of aryl methyl sites for hydroxylation is 1. The molecule has 0 aliphatic rings. The summed E-state index contributed by atoms with van der Waals surface area (Å²) in [6, 6.07) is 24.3. The normalized spacial score (nSPS) is 12.1. The van der Waals surface area contributed by atoms with E-state index < -0.39 is 22.1 Å². The maximum absolute atomic E-state index is 13.0. The van der Waals surface area contributed by atoms with Gasteiger partial charge in [-0.2, -0.15) is 5.10 Å². The minimum absolute atomic E-state index is 0.0459. The maximum Gasteiger partial charge on any atom is 0.329 e. The van der Waals surface area contributed by atoms with Crippen LogP contribution in [0.15, 0.2) is 115 Å². The lowest BCUT2D eigenvalue weighted by molar-refractivity contribution is 0.241. The van der Waals surface area contributed by atoms with Crippen LogP contribution in [0.2, 0.25) is 0 Å². The zero-order chi connectivity index (χ0) is 26.5. The monoisotopic (exact) mass is 526 g/mol. The number of rotatable bonds is 8. The van der Waals surface area contributed by atoms with E-state index in [1.54, 1.807) is 48.4 Å². The molecule has 38 heavy (non-hydrogen) atoms. The summed E-state index contributed by atoms with van der Waals surface area (Å²) in [6.07, 6.45) is 7.38. The van der Waals surface area contributed by atoms with Crippen LogP contribution >= 0.6 is 0 Å². The zero-order valence-corrected chi connectivity index (χ0v) is 21.4. The second-order valence-corrected chi connectivity index (χ2v) is 10.4. The topological polar surface area (TPSA) is 111 Å². The first-order valence-corrected chi connectivity index (χ1v) is 13.5. The van der Waals surface area contributed by atoms with E-state index in [4.69, 9.17) is 0 Å². The SMILES string of the molecule is Cc1ccccc1S(=O)(=O)NC(=O)NC(Cc1ccccc1)c1nccn1-c1cnn(-c2ccccc2)c1. The van der Waals surface area contributed by atoms with E-state index in [1.807, 2.05) is 71.4 Å². The van der Waals surface area contributed by atoms with Crippen molar-refractivity contribution in [3.8, 4) is 11.4 Å². The van der Waals surface area contributed by atoms with Gasteiger partial charge in [-0.1, -0.05) is 66.7 Å². The van der Waals surface area contributed by atoms with Gasteiger partial charge in [0.05, 0.1) is 34.7 Å². The summed E-state index contributed by atoms with van der Waals surface area (Å²) in [5, 5.41) is 7.29. The van der Waals surface area contributed by atoms with Gasteiger partial charge in [-0.05, 0) is 42.7 Å². The molecule has 10 heteroatoms. The highest BCUT2D eigenvalue weighted by Crippen LogP contribution is 2.22. The van der Waals surface area contributed by atoms with Gasteiger partial charge >= 0.3 is 6.03 Å². The first-order valence-electron chi connectivity index (χ1n) is 12.0. The Hall–Kier alpha value is -4.70. The van der Waals surface area contributed by atoms with Crippen molar-refractivity contribution in [2.75, 3.05) is 0 Å². The third-order valence-electron chi connectivity index (χ3n) is 6.05. The van der Waals surface area contributed by atoms with Crippen LogP contribution < -0.4 is 10.0 Å². The number of hydrogen-bond donors (Lipinski definition) is 2. The van der Waals surface area contributed by atoms with E-state index >= 15 is 0 Å². The molecule has 0 spiro atoms. The predicted octanol–water partition coefficient (Wildman–Crippen LogP) is 4.34. The van der Waals surface area contributed by atoms with Gasteiger partial charge in [0.2, 0.25) is 0 Å². The molecule has 2 amide bonds. The Morgan fingerprint density at radius 1 is 0.921 bits per heavy atom. The second kappa shape index (κ2) is 10.7. The number of urea groups is 1. The van der Waals surface area contributed by atoms with Crippen molar-refractivity contribution in [1.29, 1.82) is 0 Å². The number of nitrogens with one attached hydrogen (secondary N) is 2. The molecular formula is C28H26N6O3S. The summed E-state index contributed by atoms with van der Waals surface area (Å²) in [6.45, 7) is 1.68. The van der Waals surface area contributed by atoms with Gasteiger partial charge in [0, 0.05) is 12.4 Å². The fraction of sp³-hybridized carbons (Fsp3) is 0.107. The van der Waals surface area contributed by atoms with E-state index in [-0.39, 0.29) is 4.90 Å². The molecule has 0 saturated carbocycles. The van der Waals surface area contributed by atoms with Gasteiger partial charge in [0.15, 0.2) is 0 Å². The van der Waals surface area contributed by atoms with Crippen LogP contribution in [0.25, 0.3) is 11.4 Å². The maximum atomic E-state index is 13.0. The van der Waals surface area contributed by atoms with Gasteiger partial charge in [-0.3, -0.25) is 4.57 Å². The predicted molar refractivity (Wildman–Crippen MR) is 144 cm³/mol. The third-order valence-corrected chi connectivity index (χ3v) is 7.54. The molecule has 1 unspecified atom stereocenters. The standard InChI is InChI=1S/C28H26N6O3S/c1-21-10-8-9-15-26(21)38(36,37)32-28(35)31-25(18-22-11-4-2-5-12-22)27-29-16-17-33(27)24-19-30-34(20-24)23-13-6-3-7-14-23/h2-17,19-20,25H,18H2,1H3,(H2,31,32,35). The lowest BCUT2D eigenvalue weighted by Gasteiger charge is -2.20. The van der Waals surface area contributed by atoms with Crippen LogP contribution in [0.4, 0.5) is 4.79 Å². The number of para-hydroxylation sites is 1. The Morgan fingerprint density at radius 2 is 1.61 bits per heavy atom. The van der Waals surface area contributed by atoms with Crippen molar-refractivity contribution in [2.45, 2.75) is 24.3 Å². The van der Waals surface area contributed by atoms with Crippen LogP contribution in [0.3, 0.4) is 0 Å².